The molecule has 0 aliphatic rings. The smallest absolute Gasteiger partial charge is 0.333 e. The monoisotopic (exact) mass is 232 g/mol. The fourth-order valence-corrected chi connectivity index (χ4v) is 1.02. The molecule has 0 atom stereocenters. The van der Waals surface area contributed by atoms with Gasteiger partial charge in [0, 0.05) is 18.6 Å². The summed E-state index contributed by atoms with van der Waals surface area (Å²) in [6, 6.07) is 0. The molecule has 0 heterocycles. The molecule has 0 aliphatic carbocycles. The van der Waals surface area contributed by atoms with E-state index in [1.54, 1.807) is 6.92 Å². The standard InChI is InChI=1S/C11H20O5/c1-3-11(6-13,7-14)8-16-10(15)9(2)4-5-12/h12-14H,2-8H2,1H3. The van der Waals surface area contributed by atoms with Crippen LogP contribution in [-0.2, 0) is 9.53 Å². The van der Waals surface area contributed by atoms with Crippen LogP contribution in [0.4, 0.5) is 0 Å². The van der Waals surface area contributed by atoms with Crippen LogP contribution in [-0.4, -0.2) is 47.7 Å². The van der Waals surface area contributed by atoms with Crippen LogP contribution in [0, 0.1) is 5.41 Å². The number of hydrogen-bond donors (Lipinski definition) is 3. The molecule has 0 aromatic carbocycles. The van der Waals surface area contributed by atoms with Crippen molar-refractivity contribution in [1.82, 2.24) is 0 Å². The minimum Gasteiger partial charge on any atom is -0.462 e. The molecule has 0 fully saturated rings. The highest BCUT2D eigenvalue weighted by Gasteiger charge is 2.28. The van der Waals surface area contributed by atoms with Crippen LogP contribution < -0.4 is 0 Å². The zero-order valence-electron chi connectivity index (χ0n) is 9.61. The van der Waals surface area contributed by atoms with Gasteiger partial charge in [0.15, 0.2) is 0 Å². The summed E-state index contributed by atoms with van der Waals surface area (Å²) < 4.78 is 4.92. The van der Waals surface area contributed by atoms with E-state index in [-0.39, 0.29) is 38.4 Å². The molecule has 94 valence electrons. The van der Waals surface area contributed by atoms with Gasteiger partial charge in [-0.3, -0.25) is 0 Å². The first-order valence-corrected chi connectivity index (χ1v) is 5.22. The molecule has 5 heteroatoms. The molecule has 0 amide bonds. The van der Waals surface area contributed by atoms with Gasteiger partial charge in [-0.15, -0.1) is 0 Å². The van der Waals surface area contributed by atoms with Gasteiger partial charge in [0.1, 0.15) is 6.61 Å². The summed E-state index contributed by atoms with van der Waals surface area (Å²) >= 11 is 0. The quantitative estimate of drug-likeness (QED) is 0.400. The fraction of sp³-hybridized carbons (Fsp3) is 0.727. The van der Waals surface area contributed by atoms with E-state index in [1.165, 1.54) is 0 Å². The van der Waals surface area contributed by atoms with Crippen molar-refractivity contribution in [3.63, 3.8) is 0 Å². The molecule has 0 aliphatic heterocycles. The van der Waals surface area contributed by atoms with Crippen molar-refractivity contribution in [2.75, 3.05) is 26.4 Å². The lowest BCUT2D eigenvalue weighted by molar-refractivity contribution is -0.145. The van der Waals surface area contributed by atoms with Crippen LogP contribution in [0.5, 0.6) is 0 Å². The minimum absolute atomic E-state index is 0.0558. The van der Waals surface area contributed by atoms with Crippen molar-refractivity contribution >= 4 is 5.97 Å². The lowest BCUT2D eigenvalue weighted by Crippen LogP contribution is -2.35. The van der Waals surface area contributed by atoms with Crippen molar-refractivity contribution in [2.24, 2.45) is 5.41 Å². The topological polar surface area (TPSA) is 87.0 Å². The molecule has 0 rings (SSSR count). The number of aliphatic hydroxyl groups is 3. The number of hydrogen-bond acceptors (Lipinski definition) is 5. The Labute approximate surface area is 95.4 Å². The SMILES string of the molecule is C=C(CCO)C(=O)OCC(CC)(CO)CO. The summed E-state index contributed by atoms with van der Waals surface area (Å²) in [4.78, 5) is 11.3. The Balaban J connectivity index is 4.21. The number of carbonyl (C=O) groups excluding carboxylic acids is 1. The van der Waals surface area contributed by atoms with Crippen LogP contribution in [0.1, 0.15) is 19.8 Å². The molecule has 0 saturated carbocycles. The van der Waals surface area contributed by atoms with E-state index in [4.69, 9.17) is 20.1 Å². The second-order valence-electron chi connectivity index (χ2n) is 3.82. The van der Waals surface area contributed by atoms with Crippen molar-refractivity contribution < 1.29 is 24.9 Å². The summed E-state index contributed by atoms with van der Waals surface area (Å²) in [6.45, 7) is 4.54. The van der Waals surface area contributed by atoms with Gasteiger partial charge in [-0.05, 0) is 6.42 Å². The first-order valence-electron chi connectivity index (χ1n) is 5.22. The summed E-state index contributed by atoms with van der Waals surface area (Å²) in [5, 5.41) is 26.8. The lowest BCUT2D eigenvalue weighted by atomic mass is 9.88. The summed E-state index contributed by atoms with van der Waals surface area (Å²) in [6.07, 6.45) is 0.663. The van der Waals surface area contributed by atoms with E-state index in [0.717, 1.165) is 0 Å². The molecule has 0 saturated heterocycles. The van der Waals surface area contributed by atoms with Crippen molar-refractivity contribution in [3.05, 3.63) is 12.2 Å². The molecule has 0 aromatic heterocycles. The van der Waals surface area contributed by atoms with E-state index in [2.05, 4.69) is 6.58 Å². The second-order valence-corrected chi connectivity index (χ2v) is 3.82. The van der Waals surface area contributed by atoms with Crippen LogP contribution in [0.2, 0.25) is 0 Å². The van der Waals surface area contributed by atoms with Gasteiger partial charge in [0.2, 0.25) is 0 Å². The predicted octanol–water partition coefficient (Wildman–Crippen LogP) is -0.151. The Morgan fingerprint density at radius 3 is 2.25 bits per heavy atom. The molecule has 0 bridgehead atoms. The minimum atomic E-state index is -0.796. The van der Waals surface area contributed by atoms with Gasteiger partial charge in [0.05, 0.1) is 18.6 Å². The number of aliphatic hydroxyl groups excluding tert-OH is 3. The average Bonchev–Trinajstić information content (AvgIpc) is 2.31. The Bertz CT molecular complexity index is 224. The maximum Gasteiger partial charge on any atom is 0.333 e. The zero-order chi connectivity index (χ0) is 12.6. The normalized spacial score (nSPS) is 11.2. The molecule has 16 heavy (non-hydrogen) atoms. The number of carbonyl (C=O) groups is 1. The molecular formula is C11H20O5. The Morgan fingerprint density at radius 2 is 1.88 bits per heavy atom. The molecule has 0 radical (unpaired) electrons. The van der Waals surface area contributed by atoms with Crippen LogP contribution in [0.25, 0.3) is 0 Å². The zero-order valence-corrected chi connectivity index (χ0v) is 9.61. The third-order valence-corrected chi connectivity index (χ3v) is 2.63. The highest BCUT2D eigenvalue weighted by molar-refractivity contribution is 5.87. The summed E-state index contributed by atoms with van der Waals surface area (Å²) in [7, 11) is 0. The van der Waals surface area contributed by atoms with E-state index in [1.807, 2.05) is 0 Å². The van der Waals surface area contributed by atoms with Gasteiger partial charge in [-0.1, -0.05) is 13.5 Å². The van der Waals surface area contributed by atoms with Crippen LogP contribution >= 0.6 is 0 Å². The molecule has 0 unspecified atom stereocenters. The van der Waals surface area contributed by atoms with Gasteiger partial charge < -0.3 is 20.1 Å². The Morgan fingerprint density at radius 1 is 1.31 bits per heavy atom. The van der Waals surface area contributed by atoms with Crippen molar-refractivity contribution in [3.8, 4) is 0 Å². The maximum absolute atomic E-state index is 11.3. The molecule has 3 N–H and O–H groups in total. The Hall–Kier alpha value is -0.910. The highest BCUT2D eigenvalue weighted by Crippen LogP contribution is 2.21. The van der Waals surface area contributed by atoms with E-state index < -0.39 is 11.4 Å². The molecule has 5 nitrogen and oxygen atoms in total. The largest absolute Gasteiger partial charge is 0.462 e. The molecular weight excluding hydrogens is 212 g/mol. The van der Waals surface area contributed by atoms with Crippen molar-refractivity contribution in [2.45, 2.75) is 19.8 Å². The van der Waals surface area contributed by atoms with Gasteiger partial charge in [-0.25, -0.2) is 4.79 Å². The molecule has 0 spiro atoms. The highest BCUT2D eigenvalue weighted by atomic mass is 16.5. The van der Waals surface area contributed by atoms with Crippen molar-refractivity contribution in [1.29, 1.82) is 0 Å². The fourth-order valence-electron chi connectivity index (χ4n) is 1.02. The Kier molecular flexibility index (Phi) is 6.96. The third kappa shape index (κ3) is 4.30. The number of rotatable bonds is 8. The van der Waals surface area contributed by atoms with Crippen LogP contribution in [0.15, 0.2) is 12.2 Å². The van der Waals surface area contributed by atoms with Gasteiger partial charge in [0.25, 0.3) is 0 Å². The first-order chi connectivity index (χ1) is 7.55. The van der Waals surface area contributed by atoms with E-state index in [0.29, 0.717) is 6.42 Å². The van der Waals surface area contributed by atoms with Gasteiger partial charge in [-0.2, -0.15) is 0 Å². The van der Waals surface area contributed by atoms with Gasteiger partial charge >= 0.3 is 5.97 Å². The van der Waals surface area contributed by atoms with Crippen LogP contribution in [0.3, 0.4) is 0 Å². The van der Waals surface area contributed by atoms with E-state index in [9.17, 15) is 4.79 Å². The second kappa shape index (κ2) is 7.38. The number of esters is 1. The number of ether oxygens (including phenoxy) is 1. The summed E-state index contributed by atoms with van der Waals surface area (Å²) in [5.74, 6) is -0.603. The maximum atomic E-state index is 11.3. The summed E-state index contributed by atoms with van der Waals surface area (Å²) in [5.41, 5.74) is -0.613. The average molecular weight is 232 g/mol. The first kappa shape index (κ1) is 15.1. The third-order valence-electron chi connectivity index (χ3n) is 2.63. The predicted molar refractivity (Wildman–Crippen MR) is 58.7 cm³/mol. The van der Waals surface area contributed by atoms with E-state index >= 15 is 0 Å². The molecule has 0 aromatic rings. The lowest BCUT2D eigenvalue weighted by Gasteiger charge is -2.27.